The summed E-state index contributed by atoms with van der Waals surface area (Å²) in [4.78, 5) is 35.2. The molecule has 5 atom stereocenters. The third-order valence-electron chi connectivity index (χ3n) is 5.16. The molecule has 0 radical (unpaired) electrons. The highest BCUT2D eigenvalue weighted by Gasteiger charge is 2.57. The fourth-order valence-corrected chi connectivity index (χ4v) is 5.35. The summed E-state index contributed by atoms with van der Waals surface area (Å²) < 4.78 is 17.6. The van der Waals surface area contributed by atoms with Crippen LogP contribution in [0, 0.1) is 0 Å². The van der Waals surface area contributed by atoms with E-state index in [0.29, 0.717) is 0 Å². The van der Waals surface area contributed by atoms with Gasteiger partial charge in [-0.3, -0.25) is 14.4 Å². The summed E-state index contributed by atoms with van der Waals surface area (Å²) in [7, 11) is -2.21. The van der Waals surface area contributed by atoms with Crippen molar-refractivity contribution in [2.24, 2.45) is 0 Å². The van der Waals surface area contributed by atoms with Crippen LogP contribution in [0.1, 0.15) is 41.5 Å². The van der Waals surface area contributed by atoms with Gasteiger partial charge in [-0.25, -0.2) is 0 Å². The van der Waals surface area contributed by atoms with Gasteiger partial charge >= 0.3 is 11.9 Å². The lowest BCUT2D eigenvalue weighted by molar-refractivity contribution is -0.163. The van der Waals surface area contributed by atoms with E-state index in [-0.39, 0.29) is 16.2 Å². The van der Waals surface area contributed by atoms with Gasteiger partial charge in [0, 0.05) is 20.8 Å². The monoisotopic (exact) mass is 419 g/mol. The summed E-state index contributed by atoms with van der Waals surface area (Å²) in [6.45, 7) is 14.6. The van der Waals surface area contributed by atoms with Crippen LogP contribution in [-0.4, -0.2) is 62.0 Å². The van der Waals surface area contributed by atoms with Crippen molar-refractivity contribution in [2.75, 3.05) is 6.26 Å². The molecule has 1 rings (SSSR count). The number of ether oxygens (including phenoxy) is 2. The molecule has 1 aliphatic carbocycles. The fraction of sp³-hybridized carbons (Fsp3) is 0.833. The molecule has 9 heteroatoms. The van der Waals surface area contributed by atoms with Crippen LogP contribution in [0.25, 0.3) is 0 Å². The number of hydrogen-bond donors (Lipinski definition) is 1. The lowest BCUT2D eigenvalue weighted by Crippen LogP contribution is -2.54. The maximum Gasteiger partial charge on any atom is 0.303 e. The summed E-state index contributed by atoms with van der Waals surface area (Å²) in [6, 6.07) is -0.595. The topological polar surface area (TPSA) is 90.9 Å². The maximum absolute atomic E-state index is 11.9. The van der Waals surface area contributed by atoms with Gasteiger partial charge in [0.25, 0.3) is 0 Å². The van der Waals surface area contributed by atoms with Gasteiger partial charge in [-0.05, 0) is 24.4 Å². The van der Waals surface area contributed by atoms with E-state index in [1.54, 1.807) is 0 Å². The van der Waals surface area contributed by atoms with Crippen molar-refractivity contribution in [1.82, 2.24) is 5.32 Å². The highest BCUT2D eigenvalue weighted by Crippen LogP contribution is 2.43. The van der Waals surface area contributed by atoms with Crippen LogP contribution in [-0.2, 0) is 28.3 Å². The Morgan fingerprint density at radius 2 is 1.41 bits per heavy atom. The van der Waals surface area contributed by atoms with Gasteiger partial charge < -0.3 is 19.2 Å². The van der Waals surface area contributed by atoms with Gasteiger partial charge in [0.15, 0.2) is 20.5 Å². The first-order valence-electron chi connectivity index (χ1n) is 9.03. The van der Waals surface area contributed by atoms with E-state index >= 15 is 0 Å². The molecule has 1 N–H and O–H groups in total. The molecule has 1 aliphatic rings. The molecule has 0 spiro atoms. The predicted octanol–water partition coefficient (Wildman–Crippen LogP) is 2.49. The molecule has 1 saturated carbocycles. The van der Waals surface area contributed by atoms with Crippen molar-refractivity contribution in [3.8, 4) is 0 Å². The summed E-state index contributed by atoms with van der Waals surface area (Å²) in [5.74, 6) is -1.23. The minimum absolute atomic E-state index is 0.0484. The number of rotatable bonds is 6. The number of carbonyl (C=O) groups excluding carboxylic acids is 3. The standard InChI is InChI=1S/C18H33NO6SSi/c1-10(20)19-13-14(23-11(2)21)16(24-12(3)22)17(26-7)15(13)25-27(8,9)18(4,5)6/h13-17H,1-9H3,(H,19,20)/t13-,14-,15-,16-,17+/m1/s1. The van der Waals surface area contributed by atoms with Gasteiger partial charge in [0.1, 0.15) is 0 Å². The Morgan fingerprint density at radius 3 is 1.78 bits per heavy atom. The van der Waals surface area contributed by atoms with Gasteiger partial charge in [0.05, 0.1) is 17.4 Å². The number of thioether (sulfide) groups is 1. The third kappa shape index (κ3) is 5.96. The zero-order valence-electron chi connectivity index (χ0n) is 17.7. The smallest absolute Gasteiger partial charge is 0.303 e. The first-order chi connectivity index (χ1) is 12.2. The summed E-state index contributed by atoms with van der Waals surface area (Å²) in [6.07, 6.45) is -0.0570. The van der Waals surface area contributed by atoms with Crippen molar-refractivity contribution >= 4 is 37.9 Å². The molecule has 0 saturated heterocycles. The van der Waals surface area contributed by atoms with Gasteiger partial charge in [0.2, 0.25) is 5.91 Å². The quantitative estimate of drug-likeness (QED) is 0.522. The average Bonchev–Trinajstić information content (AvgIpc) is 2.69. The van der Waals surface area contributed by atoms with Crippen molar-refractivity contribution < 1.29 is 28.3 Å². The third-order valence-corrected chi connectivity index (χ3v) is 10.7. The van der Waals surface area contributed by atoms with E-state index in [1.165, 1.54) is 32.5 Å². The highest BCUT2D eigenvalue weighted by molar-refractivity contribution is 7.99. The molecule has 1 fully saturated rings. The van der Waals surface area contributed by atoms with Crippen LogP contribution in [0.5, 0.6) is 0 Å². The number of nitrogens with one attached hydrogen (secondary N) is 1. The van der Waals surface area contributed by atoms with Crippen LogP contribution >= 0.6 is 11.8 Å². The summed E-state index contributed by atoms with van der Waals surface area (Å²) in [5, 5.41) is 2.54. The molecule has 0 bridgehead atoms. The first kappa shape index (κ1) is 24.0. The molecule has 0 unspecified atom stereocenters. The predicted molar refractivity (Wildman–Crippen MR) is 108 cm³/mol. The largest absolute Gasteiger partial charge is 0.457 e. The van der Waals surface area contributed by atoms with Gasteiger partial charge in [-0.1, -0.05) is 20.8 Å². The lowest BCUT2D eigenvalue weighted by atomic mass is 10.1. The lowest BCUT2D eigenvalue weighted by Gasteiger charge is -2.41. The van der Waals surface area contributed by atoms with Crippen LogP contribution in [0.3, 0.4) is 0 Å². The molecule has 1 amide bonds. The van der Waals surface area contributed by atoms with Crippen LogP contribution in [0.2, 0.25) is 18.1 Å². The Kier molecular flexibility index (Phi) is 7.95. The van der Waals surface area contributed by atoms with E-state index in [0.717, 1.165) is 0 Å². The Labute approximate surface area is 167 Å². The number of esters is 2. The Morgan fingerprint density at radius 1 is 0.926 bits per heavy atom. The molecule has 156 valence electrons. The number of hydrogen-bond acceptors (Lipinski definition) is 7. The average molecular weight is 420 g/mol. The Hall–Kier alpha value is -1.06. The molecule has 0 aliphatic heterocycles. The SMILES string of the molecule is CS[C@H]1[C@H](O[Si](C)(C)C(C)(C)C)[C@H](NC(C)=O)[C@@H](OC(C)=O)[C@H]1OC(C)=O. The second-order valence-corrected chi connectivity index (χ2v) is 14.2. The number of carbonyl (C=O) groups is 3. The molecule has 0 aromatic rings. The van der Waals surface area contributed by atoms with E-state index in [4.69, 9.17) is 13.9 Å². The molecular weight excluding hydrogens is 386 g/mol. The minimum Gasteiger partial charge on any atom is -0.457 e. The second kappa shape index (κ2) is 8.96. The van der Waals surface area contributed by atoms with Gasteiger partial charge in [-0.2, -0.15) is 11.8 Å². The molecule has 27 heavy (non-hydrogen) atoms. The van der Waals surface area contributed by atoms with Crippen molar-refractivity contribution in [1.29, 1.82) is 0 Å². The fourth-order valence-electron chi connectivity index (χ4n) is 2.95. The number of amides is 1. The zero-order chi connectivity index (χ0) is 21.2. The minimum atomic E-state index is -2.21. The first-order valence-corrected chi connectivity index (χ1v) is 13.2. The van der Waals surface area contributed by atoms with Crippen LogP contribution < -0.4 is 5.32 Å². The van der Waals surface area contributed by atoms with Crippen LogP contribution in [0.4, 0.5) is 0 Å². The molecular formula is C18H33NO6SSi. The van der Waals surface area contributed by atoms with E-state index in [9.17, 15) is 14.4 Å². The molecule has 0 aromatic heterocycles. The molecule has 0 aromatic carbocycles. The summed E-state index contributed by atoms with van der Waals surface area (Å²) in [5.41, 5.74) is 0. The second-order valence-electron chi connectivity index (χ2n) is 8.42. The maximum atomic E-state index is 11.9. The van der Waals surface area contributed by atoms with Crippen molar-refractivity contribution in [3.63, 3.8) is 0 Å². The van der Waals surface area contributed by atoms with E-state index in [2.05, 4.69) is 39.2 Å². The molecule has 7 nitrogen and oxygen atoms in total. The van der Waals surface area contributed by atoms with Crippen molar-refractivity contribution in [2.45, 2.75) is 89.3 Å². The van der Waals surface area contributed by atoms with E-state index in [1.807, 2.05) is 6.26 Å². The van der Waals surface area contributed by atoms with Crippen molar-refractivity contribution in [3.05, 3.63) is 0 Å². The molecule has 0 heterocycles. The van der Waals surface area contributed by atoms with Crippen LogP contribution in [0.15, 0.2) is 0 Å². The Bertz CT molecular complexity index is 577. The normalized spacial score (nSPS) is 28.6. The Balaban J connectivity index is 3.37. The van der Waals surface area contributed by atoms with Gasteiger partial charge in [-0.15, -0.1) is 0 Å². The summed E-state index contributed by atoms with van der Waals surface area (Å²) >= 11 is 1.48. The highest BCUT2D eigenvalue weighted by atomic mass is 32.2. The van der Waals surface area contributed by atoms with E-state index < -0.39 is 44.6 Å². The zero-order valence-corrected chi connectivity index (χ0v) is 19.6.